The summed E-state index contributed by atoms with van der Waals surface area (Å²) in [5, 5.41) is 5.24. The average molecular weight is 227 g/mol. The van der Waals surface area contributed by atoms with E-state index < -0.39 is 0 Å². The van der Waals surface area contributed by atoms with Crippen LogP contribution in [0.25, 0.3) is 0 Å². The normalized spacial score (nSPS) is 12.8. The van der Waals surface area contributed by atoms with Crippen LogP contribution in [0, 0.1) is 5.92 Å². The molecule has 1 rings (SSSR count). The van der Waals surface area contributed by atoms with E-state index in [0.29, 0.717) is 0 Å². The maximum atomic E-state index is 11.4. The van der Waals surface area contributed by atoms with Crippen LogP contribution in [0.3, 0.4) is 0 Å². The molecule has 3 nitrogen and oxygen atoms in total. The number of hydrogen-bond acceptors (Lipinski definition) is 4. The van der Waals surface area contributed by atoms with Crippen molar-refractivity contribution in [3.8, 4) is 0 Å². The molecule has 0 aliphatic heterocycles. The van der Waals surface area contributed by atoms with Gasteiger partial charge in [0.25, 0.3) is 0 Å². The maximum absolute atomic E-state index is 11.4. The van der Waals surface area contributed by atoms with Crippen LogP contribution >= 0.6 is 11.3 Å². The topological polar surface area (TPSA) is 38.3 Å². The lowest BCUT2D eigenvalue weighted by atomic mass is 10.0. The minimum absolute atomic E-state index is 0.193. The van der Waals surface area contributed by atoms with Crippen molar-refractivity contribution < 1.29 is 9.53 Å². The lowest BCUT2D eigenvalue weighted by Crippen LogP contribution is -2.41. The number of rotatable bonds is 5. The predicted molar refractivity (Wildman–Crippen MR) is 61.8 cm³/mol. The molecule has 0 unspecified atom stereocenters. The van der Waals surface area contributed by atoms with Gasteiger partial charge in [0.1, 0.15) is 6.04 Å². The smallest absolute Gasteiger partial charge is 0.323 e. The first-order valence-electron chi connectivity index (χ1n) is 4.98. The molecular formula is C11H17NO2S. The van der Waals surface area contributed by atoms with Gasteiger partial charge in [0.2, 0.25) is 0 Å². The molecule has 1 aromatic rings. The molecule has 0 aromatic carbocycles. The highest BCUT2D eigenvalue weighted by atomic mass is 32.1. The van der Waals surface area contributed by atoms with Crippen LogP contribution in [-0.4, -0.2) is 19.1 Å². The summed E-state index contributed by atoms with van der Waals surface area (Å²) in [6, 6.07) is 3.83. The second kappa shape index (κ2) is 5.88. The van der Waals surface area contributed by atoms with E-state index in [1.165, 1.54) is 12.0 Å². The van der Waals surface area contributed by atoms with Crippen molar-refractivity contribution in [3.05, 3.63) is 22.4 Å². The summed E-state index contributed by atoms with van der Waals surface area (Å²) < 4.78 is 4.75. The van der Waals surface area contributed by atoms with Gasteiger partial charge in [0, 0.05) is 11.4 Å². The molecule has 0 bridgehead atoms. The van der Waals surface area contributed by atoms with Crippen LogP contribution in [-0.2, 0) is 16.1 Å². The standard InChI is InChI=1S/C11H17NO2S/c1-8(2)10(11(13)14-3)12-7-9-5-4-6-15-9/h4-6,8,10,12H,7H2,1-3H3/t10-/m0/s1. The number of hydrogen-bond donors (Lipinski definition) is 1. The Morgan fingerprint density at radius 3 is 2.80 bits per heavy atom. The zero-order valence-electron chi connectivity index (χ0n) is 9.32. The minimum atomic E-state index is -0.225. The Morgan fingerprint density at radius 1 is 1.60 bits per heavy atom. The summed E-state index contributed by atoms with van der Waals surface area (Å²) >= 11 is 1.68. The van der Waals surface area contributed by atoms with Crippen LogP contribution in [0.1, 0.15) is 18.7 Å². The van der Waals surface area contributed by atoms with Crippen molar-refractivity contribution in [2.24, 2.45) is 5.92 Å². The molecule has 0 saturated carbocycles. The molecule has 0 fully saturated rings. The van der Waals surface area contributed by atoms with Gasteiger partial charge in [-0.2, -0.15) is 0 Å². The molecule has 0 amide bonds. The number of carbonyl (C=O) groups is 1. The molecule has 1 N–H and O–H groups in total. The molecule has 4 heteroatoms. The van der Waals surface area contributed by atoms with Crippen molar-refractivity contribution in [1.82, 2.24) is 5.32 Å². The van der Waals surface area contributed by atoms with Crippen LogP contribution in [0.2, 0.25) is 0 Å². The van der Waals surface area contributed by atoms with Crippen LogP contribution in [0.4, 0.5) is 0 Å². The Kier molecular flexibility index (Phi) is 4.78. The summed E-state index contributed by atoms with van der Waals surface area (Å²) in [7, 11) is 1.42. The first-order valence-corrected chi connectivity index (χ1v) is 5.86. The number of nitrogens with one attached hydrogen (secondary N) is 1. The van der Waals surface area contributed by atoms with Crippen LogP contribution in [0.15, 0.2) is 17.5 Å². The molecule has 84 valence electrons. The molecular weight excluding hydrogens is 210 g/mol. The molecule has 0 aliphatic rings. The quantitative estimate of drug-likeness (QED) is 0.782. The van der Waals surface area contributed by atoms with Crippen LogP contribution < -0.4 is 5.32 Å². The van der Waals surface area contributed by atoms with Crippen LogP contribution in [0.5, 0.6) is 0 Å². The Bertz CT molecular complexity index is 296. The van der Waals surface area contributed by atoms with E-state index in [9.17, 15) is 4.79 Å². The van der Waals surface area contributed by atoms with E-state index in [2.05, 4.69) is 5.32 Å². The SMILES string of the molecule is COC(=O)[C@@H](NCc1cccs1)C(C)C. The van der Waals surface area contributed by atoms with Gasteiger partial charge in [-0.05, 0) is 17.4 Å². The fourth-order valence-corrected chi connectivity index (χ4v) is 2.00. The number of esters is 1. The number of thiophene rings is 1. The van der Waals surface area contributed by atoms with E-state index in [0.717, 1.165) is 6.54 Å². The van der Waals surface area contributed by atoms with Crippen molar-refractivity contribution in [1.29, 1.82) is 0 Å². The third-order valence-electron chi connectivity index (χ3n) is 2.20. The van der Waals surface area contributed by atoms with Crippen molar-refractivity contribution in [2.75, 3.05) is 7.11 Å². The lowest BCUT2D eigenvalue weighted by molar-refractivity contribution is -0.144. The third kappa shape index (κ3) is 3.64. The van der Waals surface area contributed by atoms with Gasteiger partial charge < -0.3 is 4.74 Å². The Labute approximate surface area is 94.5 Å². The van der Waals surface area contributed by atoms with Gasteiger partial charge >= 0.3 is 5.97 Å². The molecule has 1 aromatic heterocycles. The summed E-state index contributed by atoms with van der Waals surface area (Å²) in [4.78, 5) is 12.7. The molecule has 15 heavy (non-hydrogen) atoms. The lowest BCUT2D eigenvalue weighted by Gasteiger charge is -2.19. The number of carbonyl (C=O) groups excluding carboxylic acids is 1. The van der Waals surface area contributed by atoms with Gasteiger partial charge in [0.15, 0.2) is 0 Å². The van der Waals surface area contributed by atoms with E-state index in [1.807, 2.05) is 31.4 Å². The van der Waals surface area contributed by atoms with Gasteiger partial charge in [-0.25, -0.2) is 0 Å². The zero-order chi connectivity index (χ0) is 11.3. The minimum Gasteiger partial charge on any atom is -0.468 e. The fraction of sp³-hybridized carbons (Fsp3) is 0.545. The molecule has 0 saturated heterocycles. The van der Waals surface area contributed by atoms with E-state index in [1.54, 1.807) is 11.3 Å². The first kappa shape index (κ1) is 12.2. The highest BCUT2D eigenvalue weighted by Crippen LogP contribution is 2.10. The summed E-state index contributed by atoms with van der Waals surface area (Å²) in [6.07, 6.45) is 0. The maximum Gasteiger partial charge on any atom is 0.323 e. The summed E-state index contributed by atoms with van der Waals surface area (Å²) in [5.41, 5.74) is 0. The zero-order valence-corrected chi connectivity index (χ0v) is 10.1. The highest BCUT2D eigenvalue weighted by molar-refractivity contribution is 7.09. The van der Waals surface area contributed by atoms with Gasteiger partial charge in [-0.15, -0.1) is 11.3 Å². The monoisotopic (exact) mass is 227 g/mol. The number of methoxy groups -OCH3 is 1. The first-order chi connectivity index (χ1) is 7.15. The largest absolute Gasteiger partial charge is 0.468 e. The van der Waals surface area contributed by atoms with E-state index in [-0.39, 0.29) is 17.9 Å². The summed E-state index contributed by atoms with van der Waals surface area (Å²) in [6.45, 7) is 4.72. The average Bonchev–Trinajstić information content (AvgIpc) is 2.70. The van der Waals surface area contributed by atoms with Gasteiger partial charge in [0.05, 0.1) is 7.11 Å². The second-order valence-corrected chi connectivity index (χ2v) is 4.74. The molecule has 0 aliphatic carbocycles. The number of ether oxygens (including phenoxy) is 1. The Balaban J connectivity index is 2.49. The highest BCUT2D eigenvalue weighted by Gasteiger charge is 2.21. The van der Waals surface area contributed by atoms with Gasteiger partial charge in [-0.1, -0.05) is 19.9 Å². The Morgan fingerprint density at radius 2 is 2.33 bits per heavy atom. The third-order valence-corrected chi connectivity index (χ3v) is 3.07. The summed E-state index contributed by atoms with van der Waals surface area (Å²) in [5.74, 6) is 0.0407. The van der Waals surface area contributed by atoms with E-state index in [4.69, 9.17) is 4.74 Å². The molecule has 1 atom stereocenters. The fourth-order valence-electron chi connectivity index (χ4n) is 1.34. The van der Waals surface area contributed by atoms with Gasteiger partial charge in [-0.3, -0.25) is 10.1 Å². The predicted octanol–water partition coefficient (Wildman–Crippen LogP) is 2.04. The van der Waals surface area contributed by atoms with Crippen molar-refractivity contribution in [3.63, 3.8) is 0 Å². The molecule has 1 heterocycles. The molecule has 0 radical (unpaired) electrons. The van der Waals surface area contributed by atoms with E-state index >= 15 is 0 Å². The van der Waals surface area contributed by atoms with Crippen molar-refractivity contribution in [2.45, 2.75) is 26.4 Å². The second-order valence-electron chi connectivity index (χ2n) is 3.71. The van der Waals surface area contributed by atoms with Crippen molar-refractivity contribution >= 4 is 17.3 Å². The molecule has 0 spiro atoms. The Hall–Kier alpha value is -0.870.